The molecule has 1 aromatic carbocycles. The molecular weight excluding hydrogens is 284 g/mol. The van der Waals surface area contributed by atoms with Gasteiger partial charge in [-0.1, -0.05) is 18.2 Å². The van der Waals surface area contributed by atoms with Gasteiger partial charge in [0.25, 0.3) is 5.91 Å². The summed E-state index contributed by atoms with van der Waals surface area (Å²) in [5.74, 6) is 0.477. The Morgan fingerprint density at radius 3 is 2.95 bits per heavy atom. The molecular formula is C16H18N2O4. The Hall–Kier alpha value is -2.08. The van der Waals surface area contributed by atoms with Crippen LogP contribution in [-0.2, 0) is 15.1 Å². The summed E-state index contributed by atoms with van der Waals surface area (Å²) >= 11 is 0. The van der Waals surface area contributed by atoms with Crippen LogP contribution in [0.5, 0.6) is 5.75 Å². The molecule has 2 saturated heterocycles. The van der Waals surface area contributed by atoms with Crippen molar-refractivity contribution in [3.8, 4) is 5.75 Å². The van der Waals surface area contributed by atoms with Crippen LogP contribution in [0.15, 0.2) is 24.3 Å². The number of carbonyl (C=O) groups is 2. The van der Waals surface area contributed by atoms with Gasteiger partial charge in [0, 0.05) is 18.6 Å². The second-order valence-corrected chi connectivity index (χ2v) is 5.98. The van der Waals surface area contributed by atoms with Gasteiger partial charge in [0.15, 0.2) is 5.54 Å². The van der Waals surface area contributed by atoms with E-state index < -0.39 is 5.54 Å². The molecule has 2 atom stereocenters. The van der Waals surface area contributed by atoms with Crippen LogP contribution in [0.2, 0.25) is 0 Å². The van der Waals surface area contributed by atoms with E-state index in [9.17, 15) is 9.59 Å². The first-order chi connectivity index (χ1) is 10.7. The number of rotatable bonds is 2. The SMILES string of the molecule is O=C1N[C@@]2(CCOc3ccccc32)C(=O)N1C[C@H]1CCCO1. The van der Waals surface area contributed by atoms with Crippen molar-refractivity contribution in [2.24, 2.45) is 0 Å². The lowest BCUT2D eigenvalue weighted by atomic mass is 9.84. The van der Waals surface area contributed by atoms with Crippen molar-refractivity contribution in [2.75, 3.05) is 19.8 Å². The van der Waals surface area contributed by atoms with Gasteiger partial charge in [-0.15, -0.1) is 0 Å². The molecule has 0 saturated carbocycles. The summed E-state index contributed by atoms with van der Waals surface area (Å²) in [4.78, 5) is 26.6. The van der Waals surface area contributed by atoms with Crippen LogP contribution in [0.25, 0.3) is 0 Å². The molecule has 22 heavy (non-hydrogen) atoms. The lowest BCUT2D eigenvalue weighted by Crippen LogP contribution is -2.47. The maximum Gasteiger partial charge on any atom is 0.325 e. The summed E-state index contributed by atoms with van der Waals surface area (Å²) in [7, 11) is 0. The zero-order valence-electron chi connectivity index (χ0n) is 12.2. The minimum absolute atomic E-state index is 0.0417. The number of nitrogens with one attached hydrogen (secondary N) is 1. The third kappa shape index (κ3) is 1.90. The highest BCUT2D eigenvalue weighted by Crippen LogP contribution is 2.41. The number of nitrogens with zero attached hydrogens (tertiary/aromatic N) is 1. The van der Waals surface area contributed by atoms with Gasteiger partial charge in [-0.3, -0.25) is 9.69 Å². The van der Waals surface area contributed by atoms with Gasteiger partial charge in [0.2, 0.25) is 0 Å². The standard InChI is InChI=1S/C16H18N2O4/c19-14-16(7-9-22-13-6-2-1-5-12(13)16)17-15(20)18(14)10-11-4-3-8-21-11/h1-2,5-6,11H,3-4,7-10H2,(H,17,20)/t11-,16-/m1/s1. The van der Waals surface area contributed by atoms with Gasteiger partial charge in [0.05, 0.1) is 19.3 Å². The molecule has 6 nitrogen and oxygen atoms in total. The fourth-order valence-corrected chi connectivity index (χ4v) is 3.53. The summed E-state index contributed by atoms with van der Waals surface area (Å²) in [6, 6.07) is 7.07. The number of amides is 3. The number of para-hydroxylation sites is 1. The molecule has 3 amide bonds. The monoisotopic (exact) mass is 302 g/mol. The summed E-state index contributed by atoms with van der Waals surface area (Å²) in [5.41, 5.74) is -0.237. The first-order valence-corrected chi connectivity index (χ1v) is 7.69. The molecule has 0 bridgehead atoms. The average Bonchev–Trinajstić information content (AvgIpc) is 3.12. The van der Waals surface area contributed by atoms with Gasteiger partial charge in [-0.25, -0.2) is 4.79 Å². The molecule has 3 heterocycles. The highest BCUT2D eigenvalue weighted by atomic mass is 16.5. The van der Waals surface area contributed by atoms with Gasteiger partial charge >= 0.3 is 6.03 Å². The van der Waals surface area contributed by atoms with E-state index in [4.69, 9.17) is 9.47 Å². The molecule has 0 aromatic heterocycles. The third-order valence-electron chi connectivity index (χ3n) is 4.67. The maximum absolute atomic E-state index is 13.0. The van der Waals surface area contributed by atoms with E-state index in [1.807, 2.05) is 24.3 Å². The first-order valence-electron chi connectivity index (χ1n) is 7.69. The van der Waals surface area contributed by atoms with Gasteiger partial charge in [0.1, 0.15) is 5.75 Å². The van der Waals surface area contributed by atoms with E-state index in [1.54, 1.807) is 0 Å². The van der Waals surface area contributed by atoms with Crippen LogP contribution in [0.3, 0.4) is 0 Å². The van der Waals surface area contributed by atoms with Crippen molar-refractivity contribution in [2.45, 2.75) is 30.9 Å². The number of hydrogen-bond acceptors (Lipinski definition) is 4. The smallest absolute Gasteiger partial charge is 0.325 e. The van der Waals surface area contributed by atoms with Crippen LogP contribution in [0.1, 0.15) is 24.8 Å². The van der Waals surface area contributed by atoms with Crippen molar-refractivity contribution in [1.29, 1.82) is 0 Å². The summed E-state index contributed by atoms with van der Waals surface area (Å²) in [6.07, 6.45) is 2.29. The molecule has 1 aromatic rings. The minimum atomic E-state index is -0.982. The zero-order valence-corrected chi connectivity index (χ0v) is 12.2. The van der Waals surface area contributed by atoms with Crippen molar-refractivity contribution in [1.82, 2.24) is 10.2 Å². The summed E-state index contributed by atoms with van der Waals surface area (Å²) in [6.45, 7) is 1.45. The number of hydrogen-bond donors (Lipinski definition) is 1. The lowest BCUT2D eigenvalue weighted by Gasteiger charge is -2.33. The Morgan fingerprint density at radius 2 is 2.14 bits per heavy atom. The molecule has 3 aliphatic rings. The van der Waals surface area contributed by atoms with Gasteiger partial charge in [-0.05, 0) is 18.9 Å². The molecule has 4 rings (SSSR count). The molecule has 0 radical (unpaired) electrons. The minimum Gasteiger partial charge on any atom is -0.493 e. The number of ether oxygens (including phenoxy) is 2. The Labute approximate surface area is 128 Å². The van der Waals surface area contributed by atoms with Crippen molar-refractivity contribution >= 4 is 11.9 Å². The normalized spacial score (nSPS) is 30.4. The molecule has 2 fully saturated rings. The fourth-order valence-electron chi connectivity index (χ4n) is 3.53. The van der Waals surface area contributed by atoms with Crippen LogP contribution >= 0.6 is 0 Å². The van der Waals surface area contributed by atoms with Crippen LogP contribution in [-0.4, -0.2) is 42.7 Å². The van der Waals surface area contributed by atoms with E-state index in [1.165, 1.54) is 4.90 Å². The highest BCUT2D eigenvalue weighted by molar-refractivity contribution is 6.08. The fraction of sp³-hybridized carbons (Fsp3) is 0.500. The van der Waals surface area contributed by atoms with Gasteiger partial charge in [-0.2, -0.15) is 0 Å². The Morgan fingerprint density at radius 1 is 1.27 bits per heavy atom. The van der Waals surface area contributed by atoms with Gasteiger partial charge < -0.3 is 14.8 Å². The lowest BCUT2D eigenvalue weighted by molar-refractivity contribution is -0.133. The Balaban J connectivity index is 1.66. The Bertz CT molecular complexity index is 626. The van der Waals surface area contributed by atoms with Crippen LogP contribution in [0.4, 0.5) is 4.79 Å². The number of carbonyl (C=O) groups excluding carboxylic acids is 2. The maximum atomic E-state index is 13.0. The molecule has 3 aliphatic heterocycles. The number of benzene rings is 1. The molecule has 116 valence electrons. The molecule has 0 unspecified atom stereocenters. The molecule has 1 N–H and O–H groups in total. The van der Waals surface area contributed by atoms with E-state index in [0.29, 0.717) is 31.9 Å². The first kappa shape index (κ1) is 13.6. The number of imide groups is 1. The highest BCUT2D eigenvalue weighted by Gasteiger charge is 2.55. The summed E-state index contributed by atoms with van der Waals surface area (Å²) in [5, 5.41) is 2.90. The largest absolute Gasteiger partial charge is 0.493 e. The predicted molar refractivity (Wildman–Crippen MR) is 77.5 cm³/mol. The van der Waals surface area contributed by atoms with E-state index in [0.717, 1.165) is 18.4 Å². The van der Waals surface area contributed by atoms with Crippen molar-refractivity contribution in [3.63, 3.8) is 0 Å². The van der Waals surface area contributed by atoms with Crippen LogP contribution in [0, 0.1) is 0 Å². The predicted octanol–water partition coefficient (Wildman–Crippen LogP) is 1.40. The average molecular weight is 302 g/mol. The van der Waals surface area contributed by atoms with E-state index >= 15 is 0 Å². The number of fused-ring (bicyclic) bond motifs is 2. The number of urea groups is 1. The topological polar surface area (TPSA) is 67.9 Å². The van der Waals surface area contributed by atoms with E-state index in [-0.39, 0.29) is 18.0 Å². The van der Waals surface area contributed by atoms with Crippen LogP contribution < -0.4 is 10.1 Å². The third-order valence-corrected chi connectivity index (χ3v) is 4.67. The van der Waals surface area contributed by atoms with E-state index in [2.05, 4.69) is 5.32 Å². The molecule has 6 heteroatoms. The van der Waals surface area contributed by atoms with Crippen molar-refractivity contribution < 1.29 is 19.1 Å². The van der Waals surface area contributed by atoms with Crippen molar-refractivity contribution in [3.05, 3.63) is 29.8 Å². The second-order valence-electron chi connectivity index (χ2n) is 5.98. The summed E-state index contributed by atoms with van der Waals surface area (Å²) < 4.78 is 11.2. The quantitative estimate of drug-likeness (QED) is 0.838. The molecule has 0 aliphatic carbocycles. The Kier molecular flexibility index (Phi) is 3.07. The second kappa shape index (κ2) is 4.98. The molecule has 1 spiro atoms. The zero-order chi connectivity index (χ0) is 15.2.